The van der Waals surface area contributed by atoms with Gasteiger partial charge in [0.1, 0.15) is 0 Å². The smallest absolute Gasteiger partial charge is 0.304 e. The van der Waals surface area contributed by atoms with E-state index in [1.165, 1.54) is 0 Å². The summed E-state index contributed by atoms with van der Waals surface area (Å²) in [4.78, 5) is 9.96. The zero-order chi connectivity index (χ0) is 8.15. The van der Waals surface area contributed by atoms with Crippen molar-refractivity contribution >= 4 is 5.97 Å². The Kier molecular flexibility index (Phi) is 3.64. The Morgan fingerprint density at radius 2 is 2.20 bits per heavy atom. The number of aliphatic carboxylic acids is 1. The van der Waals surface area contributed by atoms with Crippen molar-refractivity contribution < 1.29 is 14.3 Å². The van der Waals surface area contributed by atoms with Gasteiger partial charge < -0.3 is 10.8 Å². The molecule has 0 amide bonds. The lowest BCUT2D eigenvalue weighted by molar-refractivity contribution is -0.137. The van der Waals surface area contributed by atoms with Gasteiger partial charge in [-0.1, -0.05) is 6.58 Å². The highest BCUT2D eigenvalue weighted by Gasteiger charge is 2.08. The van der Waals surface area contributed by atoms with Gasteiger partial charge in [0.2, 0.25) is 0 Å². The Bertz CT molecular complexity index is 131. The number of hydrogen-bond donors (Lipinski definition) is 2. The van der Waals surface area contributed by atoms with Crippen LogP contribution in [-0.2, 0) is 4.79 Å². The summed E-state index contributed by atoms with van der Waals surface area (Å²) in [5.41, 5.74) is 5.19. The van der Waals surface area contributed by atoms with E-state index in [-0.39, 0.29) is 12.8 Å². The standard InChI is InChI=1S/C6H10FNO2/c1-4(7)2-5(8)3-6(9)10/h5H,1-3,8H2,(H,9,10). The van der Waals surface area contributed by atoms with Gasteiger partial charge in [-0.25, -0.2) is 4.39 Å². The molecule has 0 saturated heterocycles. The van der Waals surface area contributed by atoms with Crippen LogP contribution >= 0.6 is 0 Å². The van der Waals surface area contributed by atoms with Crippen molar-refractivity contribution in [1.82, 2.24) is 0 Å². The van der Waals surface area contributed by atoms with E-state index in [4.69, 9.17) is 10.8 Å². The topological polar surface area (TPSA) is 63.3 Å². The number of carboxylic acids is 1. The van der Waals surface area contributed by atoms with Gasteiger partial charge in [-0.15, -0.1) is 0 Å². The fraction of sp³-hybridized carbons (Fsp3) is 0.500. The van der Waals surface area contributed by atoms with E-state index >= 15 is 0 Å². The highest BCUT2D eigenvalue weighted by molar-refractivity contribution is 5.67. The Morgan fingerprint density at radius 3 is 2.50 bits per heavy atom. The van der Waals surface area contributed by atoms with E-state index in [1.54, 1.807) is 0 Å². The second kappa shape index (κ2) is 4.00. The van der Waals surface area contributed by atoms with Gasteiger partial charge in [0.15, 0.2) is 0 Å². The van der Waals surface area contributed by atoms with Gasteiger partial charge in [-0.3, -0.25) is 4.79 Å². The average Bonchev–Trinajstić information content (AvgIpc) is 1.58. The second-order valence-corrected chi connectivity index (χ2v) is 2.08. The zero-order valence-corrected chi connectivity index (χ0v) is 5.51. The van der Waals surface area contributed by atoms with Crippen LogP contribution < -0.4 is 5.73 Å². The lowest BCUT2D eigenvalue weighted by Crippen LogP contribution is -2.23. The van der Waals surface area contributed by atoms with Crippen LogP contribution in [0.15, 0.2) is 12.4 Å². The molecule has 0 bridgehead atoms. The highest BCUT2D eigenvalue weighted by Crippen LogP contribution is 2.04. The molecule has 58 valence electrons. The molecule has 0 aromatic rings. The van der Waals surface area contributed by atoms with Crippen LogP contribution in [-0.4, -0.2) is 17.1 Å². The predicted octanol–water partition coefficient (Wildman–Crippen LogP) is 0.662. The summed E-state index contributed by atoms with van der Waals surface area (Å²) in [5.74, 6) is -1.59. The highest BCUT2D eigenvalue weighted by atomic mass is 19.1. The van der Waals surface area contributed by atoms with Crippen LogP contribution in [0.5, 0.6) is 0 Å². The summed E-state index contributed by atoms with van der Waals surface area (Å²) in [6.07, 6.45) is -0.296. The molecule has 4 heteroatoms. The maximum Gasteiger partial charge on any atom is 0.304 e. The third kappa shape index (κ3) is 5.24. The molecule has 0 heterocycles. The van der Waals surface area contributed by atoms with Crippen LogP contribution in [0.1, 0.15) is 12.8 Å². The van der Waals surface area contributed by atoms with Crippen molar-refractivity contribution in [1.29, 1.82) is 0 Å². The summed E-state index contributed by atoms with van der Waals surface area (Å²) in [6, 6.07) is -0.657. The third-order valence-corrected chi connectivity index (χ3v) is 0.920. The number of rotatable bonds is 4. The molecule has 1 unspecified atom stereocenters. The first-order valence-electron chi connectivity index (χ1n) is 2.83. The number of carbonyl (C=O) groups is 1. The largest absolute Gasteiger partial charge is 0.481 e. The summed E-state index contributed by atoms with van der Waals surface area (Å²) in [5, 5.41) is 8.16. The minimum atomic E-state index is -1.02. The molecule has 0 rings (SSSR count). The number of carboxylic acid groups (broad SMARTS) is 1. The molecule has 0 aliphatic rings. The van der Waals surface area contributed by atoms with E-state index in [0.717, 1.165) is 0 Å². The molecule has 0 saturated carbocycles. The number of hydrogen-bond acceptors (Lipinski definition) is 2. The fourth-order valence-electron chi connectivity index (χ4n) is 0.581. The molecule has 0 aliphatic carbocycles. The minimum Gasteiger partial charge on any atom is -0.481 e. The van der Waals surface area contributed by atoms with Crippen molar-refractivity contribution in [3.8, 4) is 0 Å². The minimum absolute atomic E-state index is 0.0771. The molecule has 0 aliphatic heterocycles. The van der Waals surface area contributed by atoms with Crippen LogP contribution in [0.2, 0.25) is 0 Å². The maximum absolute atomic E-state index is 11.9. The number of halogens is 1. The molecular formula is C6H10FNO2. The van der Waals surface area contributed by atoms with Gasteiger partial charge in [-0.2, -0.15) is 0 Å². The molecule has 1 atom stereocenters. The first-order valence-corrected chi connectivity index (χ1v) is 2.83. The average molecular weight is 147 g/mol. The first-order chi connectivity index (χ1) is 4.52. The van der Waals surface area contributed by atoms with Gasteiger partial charge in [0.05, 0.1) is 12.2 Å². The Hall–Kier alpha value is -0.900. The van der Waals surface area contributed by atoms with Crippen LogP contribution in [0.4, 0.5) is 4.39 Å². The maximum atomic E-state index is 11.9. The summed E-state index contributed by atoms with van der Waals surface area (Å²) in [6.45, 7) is 2.96. The van der Waals surface area contributed by atoms with Gasteiger partial charge in [0, 0.05) is 12.5 Å². The Labute approximate surface area is 58.3 Å². The quantitative estimate of drug-likeness (QED) is 0.614. The van der Waals surface area contributed by atoms with Crippen molar-refractivity contribution in [3.63, 3.8) is 0 Å². The summed E-state index contributed by atoms with van der Waals surface area (Å²) >= 11 is 0. The molecule has 3 N–H and O–H groups in total. The lowest BCUT2D eigenvalue weighted by atomic mass is 10.1. The van der Waals surface area contributed by atoms with Crippen LogP contribution in [0, 0.1) is 0 Å². The number of nitrogens with two attached hydrogens (primary N) is 1. The van der Waals surface area contributed by atoms with Gasteiger partial charge in [-0.05, 0) is 0 Å². The second-order valence-electron chi connectivity index (χ2n) is 2.08. The van der Waals surface area contributed by atoms with Crippen LogP contribution in [0.3, 0.4) is 0 Å². The van der Waals surface area contributed by atoms with Crippen molar-refractivity contribution in [2.24, 2.45) is 5.73 Å². The molecule has 10 heavy (non-hydrogen) atoms. The van der Waals surface area contributed by atoms with Gasteiger partial charge >= 0.3 is 5.97 Å². The fourth-order valence-corrected chi connectivity index (χ4v) is 0.581. The SMILES string of the molecule is C=C(F)CC(N)CC(=O)O. The van der Waals surface area contributed by atoms with E-state index in [0.29, 0.717) is 0 Å². The monoisotopic (exact) mass is 147 g/mol. The van der Waals surface area contributed by atoms with Crippen molar-refractivity contribution in [3.05, 3.63) is 12.4 Å². The predicted molar refractivity (Wildman–Crippen MR) is 35.1 cm³/mol. The molecule has 0 fully saturated rings. The molecule has 0 spiro atoms. The summed E-state index contributed by atoms with van der Waals surface area (Å²) < 4.78 is 11.9. The molecular weight excluding hydrogens is 137 g/mol. The molecule has 3 nitrogen and oxygen atoms in total. The molecule has 0 radical (unpaired) electrons. The third-order valence-electron chi connectivity index (χ3n) is 0.920. The normalized spacial score (nSPS) is 12.6. The van der Waals surface area contributed by atoms with E-state index in [1.807, 2.05) is 0 Å². The van der Waals surface area contributed by atoms with E-state index < -0.39 is 17.8 Å². The Balaban J connectivity index is 3.53. The van der Waals surface area contributed by atoms with Crippen molar-refractivity contribution in [2.75, 3.05) is 0 Å². The zero-order valence-electron chi connectivity index (χ0n) is 5.51. The van der Waals surface area contributed by atoms with E-state index in [9.17, 15) is 9.18 Å². The van der Waals surface area contributed by atoms with Gasteiger partial charge in [0.25, 0.3) is 0 Å². The Morgan fingerprint density at radius 1 is 1.70 bits per heavy atom. The lowest BCUT2D eigenvalue weighted by Gasteiger charge is -2.04. The first kappa shape index (κ1) is 9.10. The van der Waals surface area contributed by atoms with Crippen molar-refractivity contribution in [2.45, 2.75) is 18.9 Å². The molecule has 0 aromatic heterocycles. The van der Waals surface area contributed by atoms with Crippen LogP contribution in [0.25, 0.3) is 0 Å². The molecule has 0 aromatic carbocycles. The van der Waals surface area contributed by atoms with E-state index in [2.05, 4.69) is 6.58 Å². The summed E-state index contributed by atoms with van der Waals surface area (Å²) in [7, 11) is 0.